The molecule has 1 saturated heterocycles. The minimum atomic E-state index is -3.70. The van der Waals surface area contributed by atoms with Gasteiger partial charge < -0.3 is 9.64 Å². The van der Waals surface area contributed by atoms with Crippen molar-refractivity contribution in [1.82, 2.24) is 9.21 Å². The predicted molar refractivity (Wildman–Crippen MR) is 120 cm³/mol. The smallest absolute Gasteiger partial charge is 0.252 e. The van der Waals surface area contributed by atoms with Gasteiger partial charge >= 0.3 is 0 Å². The van der Waals surface area contributed by atoms with Gasteiger partial charge in [-0.15, -0.1) is 11.3 Å². The fraction of sp³-hybridized carbons (Fsp3) is 0.476. The normalized spacial score (nSPS) is 15.5. The minimum absolute atomic E-state index is 0.153. The molecule has 0 atom stereocenters. The zero-order valence-corrected chi connectivity index (χ0v) is 19.6. The number of thiophene rings is 1. The molecule has 0 aliphatic carbocycles. The average molecular weight is 471 g/mol. The maximum atomic E-state index is 12.6. The van der Waals surface area contributed by atoms with Crippen molar-refractivity contribution in [2.75, 3.05) is 33.8 Å². The number of rotatable bonds is 8. The quantitative estimate of drug-likeness (QED) is 0.586. The van der Waals surface area contributed by atoms with Crippen LogP contribution in [0.3, 0.4) is 0 Å². The molecule has 0 bridgehead atoms. The van der Waals surface area contributed by atoms with Gasteiger partial charge in [-0.05, 0) is 61.4 Å². The van der Waals surface area contributed by atoms with Crippen LogP contribution in [0.15, 0.2) is 40.6 Å². The Hall–Kier alpha value is -1.61. The van der Waals surface area contributed by atoms with E-state index in [1.54, 1.807) is 18.1 Å². The zero-order chi connectivity index (χ0) is 21.7. The summed E-state index contributed by atoms with van der Waals surface area (Å²) in [5, 5.41) is 0. The van der Waals surface area contributed by atoms with Crippen LogP contribution >= 0.6 is 22.9 Å². The van der Waals surface area contributed by atoms with Crippen molar-refractivity contribution in [2.45, 2.75) is 29.9 Å². The van der Waals surface area contributed by atoms with E-state index < -0.39 is 10.0 Å². The summed E-state index contributed by atoms with van der Waals surface area (Å²) < 4.78 is 32.0. The SMILES string of the molecule is COc1ccc(CCC2CCN(C(=O)CN(C)S(=O)(=O)c3ccc(Cl)s3)CC2)cc1. The van der Waals surface area contributed by atoms with Crippen LogP contribution in [0, 0.1) is 5.92 Å². The van der Waals surface area contributed by atoms with Gasteiger partial charge in [0.25, 0.3) is 10.0 Å². The molecule has 0 radical (unpaired) electrons. The highest BCUT2D eigenvalue weighted by molar-refractivity contribution is 7.91. The zero-order valence-electron chi connectivity index (χ0n) is 17.2. The molecule has 0 spiro atoms. The van der Waals surface area contributed by atoms with Crippen molar-refractivity contribution < 1.29 is 17.9 Å². The van der Waals surface area contributed by atoms with Gasteiger partial charge in [-0.25, -0.2) is 8.42 Å². The molecule has 0 unspecified atom stereocenters. The Labute approximate surface area is 187 Å². The fourth-order valence-electron chi connectivity index (χ4n) is 3.60. The molecule has 1 fully saturated rings. The van der Waals surface area contributed by atoms with E-state index in [-0.39, 0.29) is 16.7 Å². The highest BCUT2D eigenvalue weighted by Gasteiger charge is 2.28. The highest BCUT2D eigenvalue weighted by Crippen LogP contribution is 2.28. The van der Waals surface area contributed by atoms with Gasteiger partial charge in [0.1, 0.15) is 9.96 Å². The molecule has 2 aromatic rings. The Kier molecular flexibility index (Phi) is 7.79. The van der Waals surface area contributed by atoms with Crippen LogP contribution in [0.1, 0.15) is 24.8 Å². The molecular formula is C21H27ClN2O4S2. The Morgan fingerprint density at radius 2 is 1.87 bits per heavy atom. The van der Waals surface area contributed by atoms with E-state index >= 15 is 0 Å². The topological polar surface area (TPSA) is 66.9 Å². The lowest BCUT2D eigenvalue weighted by molar-refractivity contribution is -0.132. The number of sulfonamides is 1. The molecule has 1 aromatic heterocycles. The monoisotopic (exact) mass is 470 g/mol. The van der Waals surface area contributed by atoms with Gasteiger partial charge in [0.2, 0.25) is 5.91 Å². The van der Waals surface area contributed by atoms with Crippen LogP contribution in [0.5, 0.6) is 5.75 Å². The maximum absolute atomic E-state index is 12.6. The summed E-state index contributed by atoms with van der Waals surface area (Å²) in [4.78, 5) is 14.4. The Bertz CT molecular complexity index is 952. The van der Waals surface area contributed by atoms with Crippen LogP contribution in [-0.2, 0) is 21.2 Å². The van der Waals surface area contributed by atoms with E-state index in [1.165, 1.54) is 18.7 Å². The van der Waals surface area contributed by atoms with Crippen LogP contribution < -0.4 is 4.74 Å². The molecule has 9 heteroatoms. The van der Waals surface area contributed by atoms with Crippen LogP contribution in [0.2, 0.25) is 4.34 Å². The van der Waals surface area contributed by atoms with Crippen molar-refractivity contribution in [3.8, 4) is 5.75 Å². The maximum Gasteiger partial charge on any atom is 0.252 e. The first-order valence-electron chi connectivity index (χ1n) is 9.92. The number of amides is 1. The fourth-order valence-corrected chi connectivity index (χ4v) is 6.41. The van der Waals surface area contributed by atoms with Crippen LogP contribution in [0.25, 0.3) is 0 Å². The summed E-state index contributed by atoms with van der Waals surface area (Å²) in [5.41, 5.74) is 1.29. The van der Waals surface area contributed by atoms with E-state index in [9.17, 15) is 13.2 Å². The van der Waals surface area contributed by atoms with Crippen molar-refractivity contribution in [3.63, 3.8) is 0 Å². The number of carbonyl (C=O) groups excluding carboxylic acids is 1. The number of halogens is 1. The summed E-state index contributed by atoms with van der Waals surface area (Å²) >= 11 is 6.84. The summed E-state index contributed by atoms with van der Waals surface area (Å²) in [6, 6.07) is 11.2. The standard InChI is InChI=1S/C21H27ClN2O4S2/c1-23(30(26,27)21-10-9-19(22)29-21)15-20(25)24-13-11-17(12-14-24)4-3-16-5-7-18(28-2)8-6-16/h5-10,17H,3-4,11-15H2,1-2H3. The first-order chi connectivity index (χ1) is 14.3. The number of benzene rings is 1. The van der Waals surface area contributed by atoms with Gasteiger partial charge in [0.05, 0.1) is 18.0 Å². The largest absolute Gasteiger partial charge is 0.497 e. The first-order valence-corrected chi connectivity index (χ1v) is 12.6. The third-order valence-corrected chi connectivity index (χ3v) is 9.04. The number of nitrogens with zero attached hydrogens (tertiary/aromatic N) is 2. The van der Waals surface area contributed by atoms with E-state index in [0.29, 0.717) is 23.3 Å². The molecule has 2 heterocycles. The van der Waals surface area contributed by atoms with E-state index in [2.05, 4.69) is 12.1 Å². The van der Waals surface area contributed by atoms with E-state index in [4.69, 9.17) is 16.3 Å². The summed E-state index contributed by atoms with van der Waals surface area (Å²) in [6.45, 7) is 1.18. The second kappa shape index (κ2) is 10.1. The number of hydrogen-bond donors (Lipinski definition) is 0. The van der Waals surface area contributed by atoms with E-state index in [1.807, 2.05) is 12.1 Å². The van der Waals surface area contributed by atoms with Crippen LogP contribution in [0.4, 0.5) is 0 Å². The predicted octanol–water partition coefficient (Wildman–Crippen LogP) is 3.90. The number of aryl methyl sites for hydroxylation is 1. The third-order valence-electron chi connectivity index (χ3n) is 5.54. The van der Waals surface area contributed by atoms with Crippen molar-refractivity contribution in [2.24, 2.45) is 5.92 Å². The van der Waals surface area contributed by atoms with E-state index in [0.717, 1.165) is 47.1 Å². The Morgan fingerprint density at radius 1 is 1.20 bits per heavy atom. The lowest BCUT2D eigenvalue weighted by Crippen LogP contribution is -2.44. The van der Waals surface area contributed by atoms with Crippen molar-refractivity contribution in [1.29, 1.82) is 0 Å². The third kappa shape index (κ3) is 5.75. The average Bonchev–Trinajstić information content (AvgIpc) is 3.20. The molecule has 1 aliphatic heterocycles. The Balaban J connectivity index is 1.45. The molecule has 3 rings (SSSR count). The molecule has 6 nitrogen and oxygen atoms in total. The van der Waals surface area contributed by atoms with Crippen molar-refractivity contribution >= 4 is 38.9 Å². The minimum Gasteiger partial charge on any atom is -0.497 e. The van der Waals surface area contributed by atoms with Gasteiger partial charge in [-0.1, -0.05) is 23.7 Å². The molecule has 1 aliphatic rings. The lowest BCUT2D eigenvalue weighted by Gasteiger charge is -2.33. The number of likely N-dealkylation sites (tertiary alicyclic amines) is 1. The van der Waals surface area contributed by atoms with Gasteiger partial charge in [0.15, 0.2) is 0 Å². The molecule has 30 heavy (non-hydrogen) atoms. The number of ether oxygens (including phenoxy) is 1. The molecule has 1 amide bonds. The number of hydrogen-bond acceptors (Lipinski definition) is 5. The lowest BCUT2D eigenvalue weighted by atomic mass is 9.90. The summed E-state index contributed by atoms with van der Waals surface area (Å²) in [5.74, 6) is 1.28. The van der Waals surface area contributed by atoms with Crippen LogP contribution in [-0.4, -0.2) is 57.3 Å². The highest BCUT2D eigenvalue weighted by atomic mass is 35.5. The Morgan fingerprint density at radius 3 is 2.43 bits per heavy atom. The van der Waals surface area contributed by atoms with Gasteiger partial charge in [-0.3, -0.25) is 4.79 Å². The molecule has 164 valence electrons. The summed E-state index contributed by atoms with van der Waals surface area (Å²) in [6.07, 6.45) is 3.98. The van der Waals surface area contributed by atoms with Gasteiger partial charge in [-0.2, -0.15) is 4.31 Å². The molecule has 1 aromatic carbocycles. The number of methoxy groups -OCH3 is 1. The second-order valence-corrected chi connectivity index (χ2v) is 11.5. The molecular weight excluding hydrogens is 444 g/mol. The molecule has 0 saturated carbocycles. The van der Waals surface area contributed by atoms with Gasteiger partial charge in [0, 0.05) is 20.1 Å². The first kappa shape index (κ1) is 23.1. The number of likely N-dealkylation sites (N-methyl/N-ethyl adjacent to an activating group) is 1. The number of carbonyl (C=O) groups is 1. The van der Waals surface area contributed by atoms with Crippen molar-refractivity contribution in [3.05, 3.63) is 46.3 Å². The number of piperidine rings is 1. The molecule has 0 N–H and O–H groups in total. The summed E-state index contributed by atoms with van der Waals surface area (Å²) in [7, 11) is -0.601. The second-order valence-electron chi connectivity index (χ2n) is 7.53.